The Labute approximate surface area is 212 Å². The predicted molar refractivity (Wildman–Crippen MR) is 135 cm³/mol. The number of carbonyl (C=O) groups excluding carboxylic acids is 2. The number of benzene rings is 1. The lowest BCUT2D eigenvalue weighted by molar-refractivity contribution is -0.161. The molecule has 4 bridgehead atoms. The molecule has 1 atom stereocenters. The topological polar surface area (TPSA) is 69.3 Å². The summed E-state index contributed by atoms with van der Waals surface area (Å²) in [7, 11) is 1.87. The normalized spacial score (nSPS) is 30.7. The lowest BCUT2D eigenvalue weighted by Crippen LogP contribution is -2.57. The third-order valence-electron chi connectivity index (χ3n) is 9.38. The molecule has 192 valence electrons. The number of halogens is 1. The van der Waals surface area contributed by atoms with Crippen LogP contribution in [0.3, 0.4) is 0 Å². The Morgan fingerprint density at radius 2 is 1.78 bits per heavy atom. The van der Waals surface area contributed by atoms with Gasteiger partial charge < -0.3 is 9.80 Å². The van der Waals surface area contributed by atoms with Crippen LogP contribution >= 0.6 is 0 Å². The minimum Gasteiger partial charge on any atom is -0.344 e. The van der Waals surface area contributed by atoms with Crippen LogP contribution in [0.2, 0.25) is 0 Å². The molecular weight excluding hydrogens is 455 g/mol. The zero-order valence-corrected chi connectivity index (χ0v) is 21.2. The summed E-state index contributed by atoms with van der Waals surface area (Å²) in [5.41, 5.74) is 2.48. The van der Waals surface area contributed by atoms with Crippen LogP contribution in [0, 0.1) is 29.0 Å². The molecule has 4 aliphatic carbocycles. The van der Waals surface area contributed by atoms with Crippen LogP contribution in [0.25, 0.3) is 11.3 Å². The second-order valence-corrected chi connectivity index (χ2v) is 12.0. The molecule has 2 amide bonds. The van der Waals surface area contributed by atoms with E-state index in [1.807, 2.05) is 22.9 Å². The molecule has 0 spiro atoms. The van der Waals surface area contributed by atoms with Gasteiger partial charge in [-0.1, -0.05) is 0 Å². The fraction of sp³-hybridized carbons (Fsp3) is 0.621. The summed E-state index contributed by atoms with van der Waals surface area (Å²) in [5.74, 6) is 2.29. The van der Waals surface area contributed by atoms with Crippen molar-refractivity contribution >= 4 is 11.8 Å². The highest BCUT2D eigenvalue weighted by molar-refractivity contribution is 5.91. The van der Waals surface area contributed by atoms with Gasteiger partial charge in [0.15, 0.2) is 0 Å². The molecule has 7 heteroatoms. The van der Waals surface area contributed by atoms with Gasteiger partial charge in [-0.15, -0.1) is 0 Å². The Balaban J connectivity index is 1.04. The number of hydrogen-bond acceptors (Lipinski definition) is 3. The van der Waals surface area contributed by atoms with Crippen molar-refractivity contribution in [3.05, 3.63) is 41.8 Å². The van der Waals surface area contributed by atoms with Crippen LogP contribution in [0.15, 0.2) is 30.3 Å². The van der Waals surface area contributed by atoms with Crippen LogP contribution in [0.1, 0.15) is 63.5 Å². The fourth-order valence-electron chi connectivity index (χ4n) is 8.07. The van der Waals surface area contributed by atoms with Crippen LogP contribution < -0.4 is 0 Å². The Bertz CT molecular complexity index is 1090. The minimum atomic E-state index is -0.298. The van der Waals surface area contributed by atoms with E-state index in [0.29, 0.717) is 6.54 Å². The molecular formula is C29H37FN4O2. The minimum absolute atomic E-state index is 0.0854. The monoisotopic (exact) mass is 492 g/mol. The van der Waals surface area contributed by atoms with E-state index in [1.165, 1.54) is 31.4 Å². The third-order valence-corrected chi connectivity index (χ3v) is 9.38. The largest absolute Gasteiger partial charge is 0.344 e. The summed E-state index contributed by atoms with van der Waals surface area (Å²) < 4.78 is 13.2. The molecule has 0 radical (unpaired) electrons. The van der Waals surface area contributed by atoms with Crippen molar-refractivity contribution < 1.29 is 14.0 Å². The molecule has 4 saturated carbocycles. The van der Waals surface area contributed by atoms with E-state index in [0.717, 1.165) is 86.2 Å². The second-order valence-electron chi connectivity index (χ2n) is 12.0. The van der Waals surface area contributed by atoms with Gasteiger partial charge in [0.2, 0.25) is 11.8 Å². The number of rotatable bonds is 7. The van der Waals surface area contributed by atoms with Gasteiger partial charge in [0.1, 0.15) is 11.9 Å². The van der Waals surface area contributed by atoms with Crippen molar-refractivity contribution in [1.29, 1.82) is 0 Å². The lowest BCUT2D eigenvalue weighted by Gasteiger charge is -2.56. The molecule has 6 nitrogen and oxygen atoms in total. The fourth-order valence-corrected chi connectivity index (χ4v) is 8.07. The highest BCUT2D eigenvalue weighted by Gasteiger charge is 2.56. The molecule has 2 aromatic rings. The van der Waals surface area contributed by atoms with Crippen LogP contribution in [0.4, 0.5) is 4.39 Å². The van der Waals surface area contributed by atoms with E-state index in [4.69, 9.17) is 0 Å². The van der Waals surface area contributed by atoms with Gasteiger partial charge in [-0.2, -0.15) is 5.10 Å². The maximum atomic E-state index is 13.9. The molecule has 1 unspecified atom stereocenters. The summed E-state index contributed by atoms with van der Waals surface area (Å²) in [4.78, 5) is 31.1. The molecule has 36 heavy (non-hydrogen) atoms. The summed E-state index contributed by atoms with van der Waals surface area (Å²) in [6, 6.07) is 8.00. The van der Waals surface area contributed by atoms with E-state index < -0.39 is 0 Å². The number of likely N-dealkylation sites (N-methyl/N-ethyl adjacent to an activating group) is 1. The Hall–Kier alpha value is -2.70. The Kier molecular flexibility index (Phi) is 6.12. The molecule has 1 aliphatic heterocycles. The van der Waals surface area contributed by atoms with Crippen LogP contribution in [-0.4, -0.2) is 58.0 Å². The Morgan fingerprint density at radius 3 is 2.44 bits per heavy atom. The maximum absolute atomic E-state index is 13.9. The van der Waals surface area contributed by atoms with Crippen molar-refractivity contribution in [3.8, 4) is 11.3 Å². The molecule has 5 aliphatic rings. The van der Waals surface area contributed by atoms with E-state index in [9.17, 15) is 14.0 Å². The number of amides is 2. The molecule has 1 aromatic heterocycles. The van der Waals surface area contributed by atoms with E-state index in [1.54, 1.807) is 12.1 Å². The zero-order valence-electron chi connectivity index (χ0n) is 21.2. The van der Waals surface area contributed by atoms with Crippen molar-refractivity contribution in [3.63, 3.8) is 0 Å². The average Bonchev–Trinajstić information content (AvgIpc) is 3.53. The first-order valence-corrected chi connectivity index (χ1v) is 13.8. The first-order chi connectivity index (χ1) is 17.4. The van der Waals surface area contributed by atoms with Gasteiger partial charge in [-0.3, -0.25) is 14.7 Å². The predicted octanol–water partition coefficient (Wildman–Crippen LogP) is 4.81. The number of aromatic amines is 1. The van der Waals surface area contributed by atoms with Crippen molar-refractivity contribution in [1.82, 2.24) is 20.0 Å². The van der Waals surface area contributed by atoms with Crippen molar-refractivity contribution in [2.24, 2.45) is 23.2 Å². The Morgan fingerprint density at radius 1 is 1.11 bits per heavy atom. The van der Waals surface area contributed by atoms with Gasteiger partial charge in [0.05, 0.1) is 11.1 Å². The number of aryl methyl sites for hydroxylation is 1. The second kappa shape index (κ2) is 9.31. The molecule has 1 aromatic carbocycles. The molecule has 7 rings (SSSR count). The van der Waals surface area contributed by atoms with Crippen LogP contribution in [-0.2, 0) is 16.0 Å². The summed E-state index contributed by atoms with van der Waals surface area (Å²) >= 11 is 0. The van der Waals surface area contributed by atoms with E-state index in [-0.39, 0.29) is 29.1 Å². The van der Waals surface area contributed by atoms with Gasteiger partial charge in [-0.25, -0.2) is 4.39 Å². The number of nitrogens with one attached hydrogen (secondary N) is 1. The zero-order chi connectivity index (χ0) is 24.9. The lowest BCUT2D eigenvalue weighted by atomic mass is 9.49. The summed E-state index contributed by atoms with van der Waals surface area (Å²) in [5, 5.41) is 7.41. The first kappa shape index (κ1) is 23.7. The van der Waals surface area contributed by atoms with Gasteiger partial charge >= 0.3 is 0 Å². The highest BCUT2D eigenvalue weighted by atomic mass is 19.1. The van der Waals surface area contributed by atoms with Gasteiger partial charge in [0, 0.05) is 31.4 Å². The summed E-state index contributed by atoms with van der Waals surface area (Å²) in [6.45, 7) is 1.37. The standard InChI is InChI=1S/C29H37FN4O2/c1-33(10-2-4-24-15-25(32-31-24)22-6-8-23(30)9-7-22)27(35)26-5-3-11-34(26)28(36)29-16-19-12-20(17-29)14-21(13-19)18-29/h6-9,15,19-21,26H,2-5,10-14,16-18H2,1H3,(H,31,32). The van der Waals surface area contributed by atoms with Crippen molar-refractivity contribution in [2.45, 2.75) is 70.3 Å². The number of nitrogens with zero attached hydrogens (tertiary/aromatic N) is 3. The van der Waals surface area contributed by atoms with E-state index in [2.05, 4.69) is 10.2 Å². The number of hydrogen-bond donors (Lipinski definition) is 1. The number of carbonyl (C=O) groups is 2. The van der Waals surface area contributed by atoms with Gasteiger partial charge in [-0.05, 0) is 112 Å². The van der Waals surface area contributed by atoms with Crippen molar-refractivity contribution in [2.75, 3.05) is 20.1 Å². The third kappa shape index (κ3) is 4.35. The average molecular weight is 493 g/mol. The maximum Gasteiger partial charge on any atom is 0.245 e. The van der Waals surface area contributed by atoms with Gasteiger partial charge in [0.25, 0.3) is 0 Å². The summed E-state index contributed by atoms with van der Waals surface area (Å²) in [6.07, 6.45) is 10.4. The van der Waals surface area contributed by atoms with E-state index >= 15 is 0 Å². The smallest absolute Gasteiger partial charge is 0.245 e. The number of aromatic nitrogens is 2. The quantitative estimate of drug-likeness (QED) is 0.603. The number of H-pyrrole nitrogens is 1. The van der Waals surface area contributed by atoms with Crippen LogP contribution in [0.5, 0.6) is 0 Å². The number of likely N-dealkylation sites (tertiary alicyclic amines) is 1. The SMILES string of the molecule is CN(CCCc1cc(-c2ccc(F)cc2)n[nH]1)C(=O)C1CCCN1C(=O)C12CC3CC(CC(C3)C1)C2. The molecule has 5 fully saturated rings. The first-order valence-electron chi connectivity index (χ1n) is 13.8. The highest BCUT2D eigenvalue weighted by Crippen LogP contribution is 2.60. The molecule has 2 heterocycles. The molecule has 1 saturated heterocycles. The molecule has 1 N–H and O–H groups in total.